The number of benzene rings is 1. The molecule has 2 aromatic heterocycles. The van der Waals surface area contributed by atoms with E-state index in [2.05, 4.69) is 22.1 Å². The third kappa shape index (κ3) is 5.26. The first kappa shape index (κ1) is 19.8. The molecular formula is C20H24N4O4. The minimum Gasteiger partial charge on any atom is -0.484 e. The highest BCUT2D eigenvalue weighted by atomic mass is 16.5. The lowest BCUT2D eigenvalue weighted by Crippen LogP contribution is -2.24. The number of hydrogen-bond acceptors (Lipinski definition) is 7. The fraction of sp³-hybridized carbons (Fsp3) is 0.400. The summed E-state index contributed by atoms with van der Waals surface area (Å²) in [6.07, 6.45) is 5.96. The van der Waals surface area contributed by atoms with E-state index in [0.29, 0.717) is 29.0 Å². The van der Waals surface area contributed by atoms with Crippen LogP contribution in [-0.2, 0) is 11.4 Å². The number of hydroxylamine groups is 2. The maximum absolute atomic E-state index is 10.7. The van der Waals surface area contributed by atoms with Gasteiger partial charge < -0.3 is 9.15 Å². The molecule has 1 atom stereocenters. The van der Waals surface area contributed by atoms with E-state index in [9.17, 15) is 10.0 Å². The predicted octanol–water partition coefficient (Wildman–Crippen LogP) is 3.71. The van der Waals surface area contributed by atoms with Crippen molar-refractivity contribution in [2.75, 3.05) is 6.54 Å². The Morgan fingerprint density at radius 1 is 1.29 bits per heavy atom. The minimum absolute atomic E-state index is 0.118. The van der Waals surface area contributed by atoms with E-state index in [1.54, 1.807) is 6.20 Å². The van der Waals surface area contributed by atoms with Crippen molar-refractivity contribution in [1.29, 1.82) is 0 Å². The zero-order chi connectivity index (χ0) is 19.8. The molecule has 1 N–H and O–H groups in total. The summed E-state index contributed by atoms with van der Waals surface area (Å²) in [5, 5.41) is 19.3. The Morgan fingerprint density at radius 2 is 2.18 bits per heavy atom. The van der Waals surface area contributed by atoms with Crippen LogP contribution in [0.5, 0.6) is 5.75 Å². The first-order valence-electron chi connectivity index (χ1n) is 9.40. The van der Waals surface area contributed by atoms with E-state index < -0.39 is 0 Å². The number of amides is 1. The molecule has 0 unspecified atom stereocenters. The second kappa shape index (κ2) is 9.80. The number of carbonyl (C=O) groups is 1. The van der Waals surface area contributed by atoms with Gasteiger partial charge >= 0.3 is 0 Å². The van der Waals surface area contributed by atoms with Crippen LogP contribution in [0.4, 0.5) is 0 Å². The molecule has 0 radical (unpaired) electrons. The van der Waals surface area contributed by atoms with Crippen LogP contribution in [0.2, 0.25) is 0 Å². The molecule has 0 aliphatic carbocycles. The molecule has 1 amide bonds. The Bertz CT molecular complexity index is 899. The number of unbranched alkanes of at least 4 members (excludes halogenated alkanes) is 2. The Kier molecular flexibility index (Phi) is 6.91. The Morgan fingerprint density at radius 3 is 3.00 bits per heavy atom. The van der Waals surface area contributed by atoms with E-state index in [-0.39, 0.29) is 19.1 Å². The molecule has 0 fully saturated rings. The summed E-state index contributed by atoms with van der Waals surface area (Å²) in [7, 11) is 0. The largest absolute Gasteiger partial charge is 0.484 e. The molecule has 3 aromatic rings. The monoisotopic (exact) mass is 384 g/mol. The molecule has 3 rings (SSSR count). The number of hydrogen-bond donors (Lipinski definition) is 1. The standard InChI is InChI=1S/C20H24N4O4/c1-2-3-4-6-16(12-24(26)14-25)20-23-22-19(28-20)13-27-17-8-9-18-15(11-17)7-5-10-21-18/h5,7-11,14,16,26H,2-4,6,12-13H2,1H3/t16-/m1/s1. The van der Waals surface area contributed by atoms with Crippen LogP contribution < -0.4 is 4.74 Å². The number of fused-ring (bicyclic) bond motifs is 1. The topological polar surface area (TPSA) is 102 Å². The Balaban J connectivity index is 1.63. The van der Waals surface area contributed by atoms with Crippen molar-refractivity contribution in [1.82, 2.24) is 20.2 Å². The van der Waals surface area contributed by atoms with Gasteiger partial charge in [-0.1, -0.05) is 32.3 Å². The molecule has 28 heavy (non-hydrogen) atoms. The van der Waals surface area contributed by atoms with Gasteiger partial charge in [0.15, 0.2) is 6.61 Å². The molecule has 0 saturated carbocycles. The summed E-state index contributed by atoms with van der Waals surface area (Å²) < 4.78 is 11.5. The zero-order valence-electron chi connectivity index (χ0n) is 15.8. The lowest BCUT2D eigenvalue weighted by atomic mass is 10.0. The van der Waals surface area contributed by atoms with Crippen LogP contribution in [0.3, 0.4) is 0 Å². The first-order chi connectivity index (χ1) is 13.7. The van der Waals surface area contributed by atoms with Crippen LogP contribution in [0.15, 0.2) is 40.9 Å². The number of carbonyl (C=O) groups excluding carboxylic acids is 1. The quantitative estimate of drug-likeness (QED) is 0.233. The minimum atomic E-state index is -0.213. The highest BCUT2D eigenvalue weighted by molar-refractivity contribution is 5.79. The lowest BCUT2D eigenvalue weighted by Gasteiger charge is -2.16. The summed E-state index contributed by atoms with van der Waals surface area (Å²) in [5.74, 6) is 1.22. The van der Waals surface area contributed by atoms with Gasteiger partial charge in [0.2, 0.25) is 12.3 Å². The normalized spacial score (nSPS) is 12.1. The van der Waals surface area contributed by atoms with E-state index in [0.717, 1.165) is 36.6 Å². The average molecular weight is 384 g/mol. The van der Waals surface area contributed by atoms with Gasteiger partial charge in [-0.25, -0.2) is 5.06 Å². The maximum atomic E-state index is 10.7. The summed E-state index contributed by atoms with van der Waals surface area (Å²) in [5.41, 5.74) is 0.897. The van der Waals surface area contributed by atoms with Crippen molar-refractivity contribution in [2.24, 2.45) is 0 Å². The van der Waals surface area contributed by atoms with E-state index in [1.165, 1.54) is 0 Å². The van der Waals surface area contributed by atoms with Gasteiger partial charge in [0.05, 0.1) is 18.0 Å². The fourth-order valence-corrected chi connectivity index (χ4v) is 2.98. The number of pyridine rings is 1. The highest BCUT2D eigenvalue weighted by Crippen LogP contribution is 2.24. The van der Waals surface area contributed by atoms with Crippen molar-refractivity contribution in [3.8, 4) is 5.75 Å². The smallest absolute Gasteiger partial charge is 0.253 e. The third-order valence-electron chi connectivity index (χ3n) is 4.45. The third-order valence-corrected chi connectivity index (χ3v) is 4.45. The maximum Gasteiger partial charge on any atom is 0.253 e. The summed E-state index contributed by atoms with van der Waals surface area (Å²) in [6, 6.07) is 9.48. The first-order valence-corrected chi connectivity index (χ1v) is 9.40. The highest BCUT2D eigenvalue weighted by Gasteiger charge is 2.21. The molecule has 0 saturated heterocycles. The van der Waals surface area contributed by atoms with Crippen molar-refractivity contribution in [2.45, 2.75) is 45.1 Å². The summed E-state index contributed by atoms with van der Waals surface area (Å²) in [6.45, 7) is 2.37. The molecule has 8 heteroatoms. The van der Waals surface area contributed by atoms with E-state index >= 15 is 0 Å². The molecule has 0 spiro atoms. The summed E-state index contributed by atoms with van der Waals surface area (Å²) >= 11 is 0. The predicted molar refractivity (Wildman–Crippen MR) is 102 cm³/mol. The molecule has 8 nitrogen and oxygen atoms in total. The van der Waals surface area contributed by atoms with Gasteiger partial charge in [0, 0.05) is 11.6 Å². The molecule has 2 heterocycles. The number of rotatable bonds is 11. The molecule has 0 aliphatic heterocycles. The molecule has 148 valence electrons. The second-order valence-corrected chi connectivity index (χ2v) is 6.60. The van der Waals surface area contributed by atoms with Crippen LogP contribution in [-0.4, -0.2) is 38.4 Å². The second-order valence-electron chi connectivity index (χ2n) is 6.60. The van der Waals surface area contributed by atoms with Gasteiger partial charge in [-0.3, -0.25) is 15.0 Å². The van der Waals surface area contributed by atoms with Crippen molar-refractivity contribution < 1.29 is 19.2 Å². The van der Waals surface area contributed by atoms with Gasteiger partial charge in [-0.15, -0.1) is 10.2 Å². The molecule has 0 aliphatic rings. The molecule has 0 bridgehead atoms. The molecular weight excluding hydrogens is 360 g/mol. The zero-order valence-corrected chi connectivity index (χ0v) is 15.8. The SMILES string of the molecule is CCCCC[C@H](CN(O)C=O)c1nnc(COc2ccc3ncccc3c2)o1. The van der Waals surface area contributed by atoms with Crippen LogP contribution in [0.1, 0.15) is 50.3 Å². The Hall–Kier alpha value is -3.00. The fourth-order valence-electron chi connectivity index (χ4n) is 2.98. The van der Waals surface area contributed by atoms with Gasteiger partial charge in [0.25, 0.3) is 5.89 Å². The van der Waals surface area contributed by atoms with Crippen molar-refractivity contribution >= 4 is 17.3 Å². The average Bonchev–Trinajstić information content (AvgIpc) is 3.20. The number of ether oxygens (including phenoxy) is 1. The van der Waals surface area contributed by atoms with E-state index in [4.69, 9.17) is 9.15 Å². The van der Waals surface area contributed by atoms with Crippen molar-refractivity contribution in [3.63, 3.8) is 0 Å². The number of nitrogens with zero attached hydrogens (tertiary/aromatic N) is 4. The van der Waals surface area contributed by atoms with Gasteiger partial charge in [-0.05, 0) is 30.7 Å². The van der Waals surface area contributed by atoms with Crippen LogP contribution in [0.25, 0.3) is 10.9 Å². The van der Waals surface area contributed by atoms with Crippen LogP contribution in [0, 0.1) is 0 Å². The van der Waals surface area contributed by atoms with Gasteiger partial charge in [-0.2, -0.15) is 0 Å². The number of aromatic nitrogens is 3. The Labute approximate surface area is 163 Å². The lowest BCUT2D eigenvalue weighted by molar-refractivity contribution is -0.151. The van der Waals surface area contributed by atoms with E-state index in [1.807, 2.05) is 30.3 Å². The molecule has 1 aromatic carbocycles. The van der Waals surface area contributed by atoms with Crippen LogP contribution >= 0.6 is 0 Å². The van der Waals surface area contributed by atoms with Gasteiger partial charge in [0.1, 0.15) is 5.75 Å². The summed E-state index contributed by atoms with van der Waals surface area (Å²) in [4.78, 5) is 15.0. The van der Waals surface area contributed by atoms with Crippen molar-refractivity contribution in [3.05, 3.63) is 48.3 Å².